The Labute approximate surface area is 86.7 Å². The van der Waals surface area contributed by atoms with Crippen molar-refractivity contribution in [3.8, 4) is 0 Å². The van der Waals surface area contributed by atoms with Gasteiger partial charge in [0.15, 0.2) is 5.78 Å². The number of carbonyl (C=O) groups excluding carboxylic acids is 1. The second-order valence-electron chi connectivity index (χ2n) is 4.26. The maximum atomic E-state index is 12.0. The predicted molar refractivity (Wildman–Crippen MR) is 55.7 cm³/mol. The van der Waals surface area contributed by atoms with Gasteiger partial charge >= 0.3 is 0 Å². The van der Waals surface area contributed by atoms with Crippen molar-refractivity contribution >= 4 is 5.78 Å². The first-order valence-electron chi connectivity index (χ1n) is 5.16. The van der Waals surface area contributed by atoms with Gasteiger partial charge in [-0.3, -0.25) is 9.69 Å². The molecule has 0 aromatic heterocycles. The Morgan fingerprint density at radius 2 is 1.93 bits per heavy atom. The standard InChI is InChI=1S/C12H16NO/c1-8(2)13-9(3)11(13)12(14)10-6-4-5-7-10/h4-9,11H,1-3H3/t9-,11+,13?/m1/s1. The van der Waals surface area contributed by atoms with Crippen LogP contribution in [0.2, 0.25) is 0 Å². The molecule has 5 radical (unpaired) electrons. The zero-order valence-corrected chi connectivity index (χ0v) is 8.90. The molecule has 2 rings (SSSR count). The molecular formula is C12H16NO. The molecule has 2 aliphatic rings. The van der Waals surface area contributed by atoms with E-state index in [-0.39, 0.29) is 11.8 Å². The van der Waals surface area contributed by atoms with E-state index in [1.165, 1.54) is 0 Å². The predicted octanol–water partition coefficient (Wildman–Crippen LogP) is 1.44. The van der Waals surface area contributed by atoms with Gasteiger partial charge in [-0.1, -0.05) is 0 Å². The highest BCUT2D eigenvalue weighted by Gasteiger charge is 2.52. The molecule has 75 valence electrons. The van der Waals surface area contributed by atoms with Gasteiger partial charge < -0.3 is 0 Å². The van der Waals surface area contributed by atoms with Crippen LogP contribution >= 0.6 is 0 Å². The maximum absolute atomic E-state index is 12.0. The number of carbonyl (C=O) groups is 1. The molecule has 1 aliphatic heterocycles. The Hall–Kier alpha value is -0.370. The molecule has 2 heteroatoms. The fourth-order valence-electron chi connectivity index (χ4n) is 2.23. The van der Waals surface area contributed by atoms with Gasteiger partial charge in [0.25, 0.3) is 0 Å². The lowest BCUT2D eigenvalue weighted by Crippen LogP contribution is -2.22. The summed E-state index contributed by atoms with van der Waals surface area (Å²) in [6.45, 7) is 6.38. The molecule has 3 atom stereocenters. The van der Waals surface area contributed by atoms with Gasteiger partial charge in [0, 0.05) is 12.1 Å². The van der Waals surface area contributed by atoms with Crippen molar-refractivity contribution < 1.29 is 4.79 Å². The van der Waals surface area contributed by atoms with Gasteiger partial charge in [-0.15, -0.1) is 0 Å². The molecular weight excluding hydrogens is 174 g/mol. The molecule has 0 bridgehead atoms. The summed E-state index contributed by atoms with van der Waals surface area (Å²) in [4.78, 5) is 14.2. The first kappa shape index (κ1) is 10.2. The minimum atomic E-state index is 0.123. The van der Waals surface area contributed by atoms with Gasteiger partial charge in [-0.25, -0.2) is 0 Å². The zero-order chi connectivity index (χ0) is 10.3. The fraction of sp³-hybridized carbons (Fsp3) is 0.500. The smallest absolute Gasteiger partial charge is 0.159 e. The maximum Gasteiger partial charge on any atom is 0.159 e. The Morgan fingerprint density at radius 1 is 1.36 bits per heavy atom. The van der Waals surface area contributed by atoms with Crippen LogP contribution in [0.1, 0.15) is 20.8 Å². The molecule has 0 amide bonds. The Morgan fingerprint density at radius 3 is 2.36 bits per heavy atom. The van der Waals surface area contributed by atoms with E-state index in [4.69, 9.17) is 0 Å². The highest BCUT2D eigenvalue weighted by atomic mass is 16.1. The topological polar surface area (TPSA) is 20.1 Å². The summed E-state index contributed by atoms with van der Waals surface area (Å²) in [6, 6.07) is 1.00. The number of hydrogen-bond acceptors (Lipinski definition) is 2. The normalized spacial score (nSPS) is 37.9. The van der Waals surface area contributed by atoms with Crippen LogP contribution in [0.3, 0.4) is 0 Å². The lowest BCUT2D eigenvalue weighted by atomic mass is 9.99. The van der Waals surface area contributed by atoms with E-state index in [1.807, 2.05) is 25.7 Å². The van der Waals surface area contributed by atoms with Crippen LogP contribution in [0.5, 0.6) is 0 Å². The number of rotatable bonds is 3. The van der Waals surface area contributed by atoms with Crippen LogP contribution < -0.4 is 0 Å². The minimum Gasteiger partial charge on any atom is -0.297 e. The van der Waals surface area contributed by atoms with Crippen molar-refractivity contribution in [2.24, 2.45) is 0 Å². The summed E-state index contributed by atoms with van der Waals surface area (Å²) in [7, 11) is 0. The zero-order valence-electron chi connectivity index (χ0n) is 8.90. The fourth-order valence-corrected chi connectivity index (χ4v) is 2.23. The van der Waals surface area contributed by atoms with E-state index >= 15 is 0 Å². The molecule has 0 aromatic rings. The van der Waals surface area contributed by atoms with E-state index in [2.05, 4.69) is 25.7 Å². The van der Waals surface area contributed by atoms with Crippen LogP contribution in [0, 0.1) is 31.6 Å². The monoisotopic (exact) mass is 190 g/mol. The van der Waals surface area contributed by atoms with Crippen LogP contribution in [0.15, 0.2) is 0 Å². The molecule has 1 unspecified atom stereocenters. The summed E-state index contributed by atoms with van der Waals surface area (Å²) >= 11 is 0. The van der Waals surface area contributed by atoms with E-state index in [0.717, 1.165) is 5.92 Å². The van der Waals surface area contributed by atoms with Crippen LogP contribution in [0.4, 0.5) is 0 Å². The number of Topliss-reactive ketones (excluding diaryl/α,β-unsaturated/α-hetero) is 1. The number of nitrogens with zero attached hydrogens (tertiary/aromatic N) is 1. The molecule has 0 N–H and O–H groups in total. The van der Waals surface area contributed by atoms with Gasteiger partial charge in [0.1, 0.15) is 0 Å². The molecule has 1 saturated carbocycles. The second kappa shape index (κ2) is 3.65. The Balaban J connectivity index is 1.93. The summed E-state index contributed by atoms with van der Waals surface area (Å²) < 4.78 is 0. The van der Waals surface area contributed by atoms with E-state index in [0.29, 0.717) is 12.1 Å². The summed E-state index contributed by atoms with van der Waals surface area (Å²) in [6.07, 6.45) is 7.62. The molecule has 14 heavy (non-hydrogen) atoms. The van der Waals surface area contributed by atoms with Crippen LogP contribution in [0.25, 0.3) is 0 Å². The van der Waals surface area contributed by atoms with Crippen LogP contribution in [-0.4, -0.2) is 28.8 Å². The number of hydrogen-bond donors (Lipinski definition) is 0. The first-order valence-corrected chi connectivity index (χ1v) is 5.16. The molecule has 1 aliphatic carbocycles. The van der Waals surface area contributed by atoms with Crippen molar-refractivity contribution in [3.63, 3.8) is 0 Å². The average Bonchev–Trinajstić information content (AvgIpc) is 2.64. The van der Waals surface area contributed by atoms with E-state index in [1.54, 1.807) is 0 Å². The van der Waals surface area contributed by atoms with Gasteiger partial charge in [0.2, 0.25) is 0 Å². The highest BCUT2D eigenvalue weighted by Crippen LogP contribution is 2.37. The molecule has 0 spiro atoms. The van der Waals surface area contributed by atoms with E-state index < -0.39 is 0 Å². The second-order valence-corrected chi connectivity index (χ2v) is 4.26. The van der Waals surface area contributed by atoms with Crippen molar-refractivity contribution in [1.82, 2.24) is 4.90 Å². The highest BCUT2D eigenvalue weighted by molar-refractivity contribution is 6.03. The van der Waals surface area contributed by atoms with Crippen molar-refractivity contribution in [3.05, 3.63) is 31.6 Å². The number of ketones is 1. The summed E-state index contributed by atoms with van der Waals surface area (Å²) in [5.74, 6) is 1.13. The van der Waals surface area contributed by atoms with Crippen molar-refractivity contribution in [2.45, 2.75) is 38.9 Å². The third-order valence-corrected chi connectivity index (χ3v) is 2.97. The third kappa shape index (κ3) is 1.60. The van der Waals surface area contributed by atoms with Gasteiger partial charge in [-0.2, -0.15) is 0 Å². The largest absolute Gasteiger partial charge is 0.297 e. The molecule has 2 fully saturated rings. The lowest BCUT2D eigenvalue weighted by molar-refractivity contribution is -0.117. The summed E-state index contributed by atoms with van der Waals surface area (Å²) in [5, 5.41) is 0. The Bertz CT molecular complexity index is 230. The quantitative estimate of drug-likeness (QED) is 0.628. The SMILES string of the molecule is CC(C)N1[C@H](C)[C@H]1C(=O)[C]1[CH][CH][CH][CH]1. The van der Waals surface area contributed by atoms with Crippen LogP contribution in [-0.2, 0) is 4.79 Å². The van der Waals surface area contributed by atoms with Crippen molar-refractivity contribution in [1.29, 1.82) is 0 Å². The van der Waals surface area contributed by atoms with Crippen molar-refractivity contribution in [2.75, 3.05) is 0 Å². The Kier molecular flexibility index (Phi) is 2.65. The average molecular weight is 190 g/mol. The van der Waals surface area contributed by atoms with Gasteiger partial charge in [0.05, 0.1) is 12.0 Å². The molecule has 1 heterocycles. The van der Waals surface area contributed by atoms with Gasteiger partial charge in [-0.05, 0) is 46.5 Å². The molecule has 1 saturated heterocycles. The van der Waals surface area contributed by atoms with E-state index in [9.17, 15) is 4.79 Å². The minimum absolute atomic E-state index is 0.123. The molecule has 2 nitrogen and oxygen atoms in total. The first-order chi connectivity index (χ1) is 6.63. The third-order valence-electron chi connectivity index (χ3n) is 2.97. The molecule has 0 aromatic carbocycles. The summed E-state index contributed by atoms with van der Waals surface area (Å²) in [5.41, 5.74) is 0. The lowest BCUT2D eigenvalue weighted by Gasteiger charge is -2.09.